The average molecular weight is 335 g/mol. The number of carbonyl (C=O) groups is 2. The van der Waals surface area contributed by atoms with E-state index >= 15 is 0 Å². The van der Waals surface area contributed by atoms with E-state index in [4.69, 9.17) is 16.9 Å². The molecule has 1 unspecified atom stereocenters. The smallest absolute Gasteiger partial charge is 0.256 e. The maximum Gasteiger partial charge on any atom is 0.256 e. The van der Waals surface area contributed by atoms with Crippen LogP contribution in [0.1, 0.15) is 29.2 Å². The van der Waals surface area contributed by atoms with Crippen molar-refractivity contribution >= 4 is 29.2 Å². The molecule has 126 valence electrons. The third-order valence-electron chi connectivity index (χ3n) is 4.15. The number of aromatic amines is 1. The van der Waals surface area contributed by atoms with Crippen molar-refractivity contribution < 1.29 is 14.3 Å². The zero-order valence-electron chi connectivity index (χ0n) is 13.6. The molecule has 0 fully saturated rings. The van der Waals surface area contributed by atoms with E-state index < -0.39 is 11.8 Å². The summed E-state index contributed by atoms with van der Waals surface area (Å²) in [5.41, 5.74) is 8.51. The maximum atomic E-state index is 12.5. The van der Waals surface area contributed by atoms with E-state index in [9.17, 15) is 9.59 Å². The number of anilines is 1. The Morgan fingerprint density at radius 3 is 2.92 bits per heavy atom. The fourth-order valence-electron chi connectivity index (χ4n) is 2.99. The van der Waals surface area contributed by atoms with Crippen molar-refractivity contribution in [1.82, 2.24) is 4.98 Å². The van der Waals surface area contributed by atoms with Crippen LogP contribution in [0.25, 0.3) is 11.6 Å². The highest BCUT2D eigenvalue weighted by atomic mass is 16.5. The van der Waals surface area contributed by atoms with E-state index in [2.05, 4.69) is 16.2 Å². The molecule has 4 N–H and O–H groups in total. The molecule has 2 heterocycles. The van der Waals surface area contributed by atoms with Crippen molar-refractivity contribution in [1.29, 1.82) is 0 Å². The Hall–Kier alpha value is -3.46. The van der Waals surface area contributed by atoms with Crippen LogP contribution in [0.15, 0.2) is 30.5 Å². The molecule has 0 saturated carbocycles. The molecule has 0 saturated heterocycles. The number of nitrogens with two attached hydrogens (primary N) is 1. The summed E-state index contributed by atoms with van der Waals surface area (Å²) in [5.74, 6) is 1.64. The summed E-state index contributed by atoms with van der Waals surface area (Å²) in [6.07, 6.45) is 8.96. The van der Waals surface area contributed by atoms with Crippen molar-refractivity contribution in [2.45, 2.75) is 12.3 Å². The quantitative estimate of drug-likeness (QED) is 0.576. The topological polar surface area (TPSA) is 97.2 Å². The number of hydrogen-bond donors (Lipinski definition) is 3. The first-order valence-electron chi connectivity index (χ1n) is 7.67. The Kier molecular flexibility index (Phi) is 4.31. The molecular formula is C19H17N3O3. The molecule has 0 radical (unpaired) electrons. The summed E-state index contributed by atoms with van der Waals surface area (Å²) in [6, 6.07) is 7.07. The van der Waals surface area contributed by atoms with Gasteiger partial charge in [-0.3, -0.25) is 9.59 Å². The van der Waals surface area contributed by atoms with Gasteiger partial charge in [0, 0.05) is 23.9 Å². The van der Waals surface area contributed by atoms with Crippen LogP contribution in [0.4, 0.5) is 5.69 Å². The Morgan fingerprint density at radius 2 is 2.24 bits per heavy atom. The molecule has 1 aliphatic heterocycles. The van der Waals surface area contributed by atoms with Gasteiger partial charge in [-0.05, 0) is 23.8 Å². The third kappa shape index (κ3) is 2.88. The van der Waals surface area contributed by atoms with Gasteiger partial charge in [-0.1, -0.05) is 12.1 Å². The number of amides is 2. The number of H-pyrrole nitrogens is 1. The molecule has 6 heteroatoms. The van der Waals surface area contributed by atoms with Crippen LogP contribution in [-0.4, -0.2) is 23.9 Å². The van der Waals surface area contributed by atoms with E-state index in [0.717, 1.165) is 0 Å². The van der Waals surface area contributed by atoms with Gasteiger partial charge in [0.15, 0.2) is 0 Å². The first-order valence-corrected chi connectivity index (χ1v) is 7.67. The number of hydrogen-bond acceptors (Lipinski definition) is 3. The van der Waals surface area contributed by atoms with E-state index in [0.29, 0.717) is 33.8 Å². The van der Waals surface area contributed by atoms with E-state index in [1.807, 2.05) is 0 Å². The van der Waals surface area contributed by atoms with Crippen molar-refractivity contribution in [2.75, 3.05) is 12.4 Å². The molecule has 25 heavy (non-hydrogen) atoms. The molecule has 0 spiro atoms. The Balaban J connectivity index is 2.17. The number of carbonyl (C=O) groups excluding carboxylic acids is 2. The van der Waals surface area contributed by atoms with Gasteiger partial charge < -0.3 is 20.8 Å². The number of methoxy groups -OCH3 is 1. The third-order valence-corrected chi connectivity index (χ3v) is 4.15. The number of primary amides is 1. The lowest BCUT2D eigenvalue weighted by molar-refractivity contribution is -0.119. The predicted octanol–water partition coefficient (Wildman–Crippen LogP) is 2.11. The molecule has 3 rings (SSSR count). The zero-order valence-corrected chi connectivity index (χ0v) is 13.6. The van der Waals surface area contributed by atoms with Gasteiger partial charge >= 0.3 is 0 Å². The average Bonchev–Trinajstić information content (AvgIpc) is 3.17. The number of rotatable bonds is 5. The van der Waals surface area contributed by atoms with Crippen LogP contribution in [0, 0.1) is 12.3 Å². The van der Waals surface area contributed by atoms with Crippen molar-refractivity contribution in [3.8, 4) is 18.1 Å². The van der Waals surface area contributed by atoms with Crippen LogP contribution in [0.5, 0.6) is 5.75 Å². The van der Waals surface area contributed by atoms with Gasteiger partial charge in [-0.15, -0.1) is 12.3 Å². The highest BCUT2D eigenvalue weighted by Gasteiger charge is 2.31. The molecule has 6 nitrogen and oxygen atoms in total. The monoisotopic (exact) mass is 335 g/mol. The largest absolute Gasteiger partial charge is 0.495 e. The summed E-state index contributed by atoms with van der Waals surface area (Å²) in [6.45, 7) is 0. The minimum atomic E-state index is -0.665. The lowest BCUT2D eigenvalue weighted by Gasteiger charge is -2.15. The number of fused-ring (bicyclic) bond motifs is 1. The van der Waals surface area contributed by atoms with Crippen LogP contribution in [-0.2, 0) is 9.59 Å². The molecule has 0 aliphatic carbocycles. The second-order valence-electron chi connectivity index (χ2n) is 5.60. The lowest BCUT2D eigenvalue weighted by Crippen LogP contribution is -2.22. The first kappa shape index (κ1) is 16.4. The molecule has 2 aromatic rings. The highest BCUT2D eigenvalue weighted by Crippen LogP contribution is 2.40. The fourth-order valence-corrected chi connectivity index (χ4v) is 2.99. The minimum absolute atomic E-state index is 0.166. The number of terminal acetylenes is 1. The van der Waals surface area contributed by atoms with Crippen LogP contribution in [0.2, 0.25) is 0 Å². The first-order chi connectivity index (χ1) is 12.1. The Labute approximate surface area is 145 Å². The maximum absolute atomic E-state index is 12.5. The summed E-state index contributed by atoms with van der Waals surface area (Å²) in [4.78, 5) is 27.4. The second-order valence-corrected chi connectivity index (χ2v) is 5.60. The van der Waals surface area contributed by atoms with Crippen molar-refractivity contribution in [2.24, 2.45) is 5.73 Å². The van der Waals surface area contributed by atoms with Gasteiger partial charge in [0.2, 0.25) is 5.91 Å². The minimum Gasteiger partial charge on any atom is -0.495 e. The Bertz CT molecular complexity index is 918. The molecule has 0 bridgehead atoms. The molecule has 2 amide bonds. The summed E-state index contributed by atoms with van der Waals surface area (Å²) in [5, 5.41) is 2.81. The van der Waals surface area contributed by atoms with Crippen molar-refractivity contribution in [3.63, 3.8) is 0 Å². The number of nitrogens with one attached hydrogen (secondary N) is 2. The zero-order chi connectivity index (χ0) is 18.0. The molecule has 1 aromatic heterocycles. The lowest BCUT2D eigenvalue weighted by atomic mass is 9.88. The van der Waals surface area contributed by atoms with E-state index in [1.54, 1.807) is 43.6 Å². The predicted molar refractivity (Wildman–Crippen MR) is 95.7 cm³/mol. The highest BCUT2D eigenvalue weighted by molar-refractivity contribution is 6.35. The summed E-state index contributed by atoms with van der Waals surface area (Å²) >= 11 is 0. The SMILES string of the molecule is C#CCC(C(N)=O)c1cccc2c1C(=Cc1[nH]ccc1OC)C(=O)N2. The number of benzene rings is 1. The summed E-state index contributed by atoms with van der Waals surface area (Å²) < 4.78 is 5.27. The molecule has 1 aliphatic rings. The number of ether oxygens (including phenoxy) is 1. The Morgan fingerprint density at radius 1 is 1.44 bits per heavy atom. The standard InChI is InChI=1S/C19H17N3O3/c1-3-5-12(18(20)23)11-6-4-7-14-17(11)13(19(24)22-14)10-15-16(25-2)8-9-21-15/h1,4,6-10,12,21H,5H2,2H3,(H2,20,23)(H,22,24). The molecule has 1 atom stereocenters. The van der Waals surface area contributed by atoms with E-state index in [1.165, 1.54) is 0 Å². The number of aromatic nitrogens is 1. The van der Waals surface area contributed by atoms with Crippen LogP contribution in [0.3, 0.4) is 0 Å². The van der Waals surface area contributed by atoms with Gasteiger partial charge in [0.1, 0.15) is 5.75 Å². The van der Waals surface area contributed by atoms with Crippen molar-refractivity contribution in [3.05, 3.63) is 47.3 Å². The van der Waals surface area contributed by atoms with Gasteiger partial charge in [0.25, 0.3) is 5.91 Å². The molecule has 1 aromatic carbocycles. The van der Waals surface area contributed by atoms with Gasteiger partial charge in [-0.2, -0.15) is 0 Å². The van der Waals surface area contributed by atoms with Gasteiger partial charge in [-0.25, -0.2) is 0 Å². The second kappa shape index (κ2) is 6.57. The normalized spacial score (nSPS) is 15.4. The summed E-state index contributed by atoms with van der Waals surface area (Å²) in [7, 11) is 1.55. The van der Waals surface area contributed by atoms with Gasteiger partial charge in [0.05, 0.1) is 24.3 Å². The van der Waals surface area contributed by atoms with Crippen LogP contribution < -0.4 is 15.8 Å². The fraction of sp³-hybridized carbons (Fsp3) is 0.158. The van der Waals surface area contributed by atoms with Crippen LogP contribution >= 0.6 is 0 Å². The van der Waals surface area contributed by atoms with E-state index in [-0.39, 0.29) is 12.3 Å². The molecular weight excluding hydrogens is 318 g/mol.